The van der Waals surface area contributed by atoms with Crippen LogP contribution in [0.1, 0.15) is 27.2 Å². The van der Waals surface area contributed by atoms with Crippen LogP contribution in [-0.2, 0) is 23.8 Å². The molecule has 0 aliphatic carbocycles. The van der Waals surface area contributed by atoms with Gasteiger partial charge >= 0.3 is 0 Å². The van der Waals surface area contributed by atoms with Crippen molar-refractivity contribution < 1.29 is 23.8 Å². The van der Waals surface area contributed by atoms with Crippen molar-refractivity contribution in [3.63, 3.8) is 0 Å². The van der Waals surface area contributed by atoms with E-state index >= 15 is 0 Å². The molecule has 0 saturated heterocycles. The zero-order valence-electron chi connectivity index (χ0n) is 14.0. The van der Waals surface area contributed by atoms with Crippen molar-refractivity contribution in [2.75, 3.05) is 52.7 Å². The highest BCUT2D eigenvalue weighted by Crippen LogP contribution is 1.83. The van der Waals surface area contributed by atoms with Crippen molar-refractivity contribution in [1.29, 1.82) is 0 Å². The van der Waals surface area contributed by atoms with E-state index in [1.165, 1.54) is 6.92 Å². The van der Waals surface area contributed by atoms with Crippen LogP contribution < -0.4 is 10.6 Å². The first-order chi connectivity index (χ1) is 10.5. The number of nitrogens with one attached hydrogen (secondary N) is 2. The Bertz CT molecular complexity index is 298. The van der Waals surface area contributed by atoms with Crippen LogP contribution >= 0.6 is 0 Å². The second-order valence-electron chi connectivity index (χ2n) is 5.23. The lowest BCUT2D eigenvalue weighted by Crippen LogP contribution is -2.32. The Morgan fingerprint density at radius 1 is 0.909 bits per heavy atom. The number of ether oxygens (including phenoxy) is 3. The molecule has 0 spiro atoms. The van der Waals surface area contributed by atoms with E-state index in [1.807, 2.05) is 0 Å². The van der Waals surface area contributed by atoms with E-state index in [2.05, 4.69) is 24.5 Å². The number of rotatable bonds is 15. The maximum atomic E-state index is 11.4. The zero-order chi connectivity index (χ0) is 16.6. The fraction of sp³-hybridized carbons (Fsp3) is 0.867. The molecule has 0 rings (SSSR count). The minimum absolute atomic E-state index is 0.00525. The first-order valence-corrected chi connectivity index (χ1v) is 7.75. The van der Waals surface area contributed by atoms with E-state index in [0.29, 0.717) is 39.0 Å². The van der Waals surface area contributed by atoms with Gasteiger partial charge in [0.15, 0.2) is 5.78 Å². The lowest BCUT2D eigenvalue weighted by molar-refractivity contribution is -0.126. The quantitative estimate of drug-likeness (QED) is 0.418. The Balaban J connectivity index is 3.20. The van der Waals surface area contributed by atoms with Crippen molar-refractivity contribution >= 4 is 11.7 Å². The van der Waals surface area contributed by atoms with Crippen molar-refractivity contribution in [1.82, 2.24) is 10.6 Å². The predicted molar refractivity (Wildman–Crippen MR) is 83.9 cm³/mol. The van der Waals surface area contributed by atoms with E-state index < -0.39 is 0 Å². The van der Waals surface area contributed by atoms with Gasteiger partial charge in [-0.15, -0.1) is 0 Å². The van der Waals surface area contributed by atoms with Crippen LogP contribution in [0, 0.1) is 0 Å². The largest absolute Gasteiger partial charge is 0.377 e. The number of hydrogen-bond acceptors (Lipinski definition) is 6. The van der Waals surface area contributed by atoms with E-state index in [0.717, 1.165) is 13.0 Å². The van der Waals surface area contributed by atoms with Crippen LogP contribution in [0.2, 0.25) is 0 Å². The average molecular weight is 318 g/mol. The molecule has 0 aromatic heterocycles. The summed E-state index contributed by atoms with van der Waals surface area (Å²) in [7, 11) is 0. The Morgan fingerprint density at radius 2 is 1.50 bits per heavy atom. The van der Waals surface area contributed by atoms with Gasteiger partial charge in [0.25, 0.3) is 0 Å². The van der Waals surface area contributed by atoms with Gasteiger partial charge in [-0.05, 0) is 19.9 Å². The molecule has 0 aliphatic rings. The highest BCUT2D eigenvalue weighted by Gasteiger charge is 2.01. The number of carbonyl (C=O) groups excluding carboxylic acids is 2. The predicted octanol–water partition coefficient (Wildman–Crippen LogP) is 0.130. The minimum Gasteiger partial charge on any atom is -0.377 e. The lowest BCUT2D eigenvalue weighted by Gasteiger charge is -2.09. The number of amides is 1. The topological polar surface area (TPSA) is 85.9 Å². The third-order valence-electron chi connectivity index (χ3n) is 2.51. The second kappa shape index (κ2) is 14.9. The molecule has 0 heterocycles. The van der Waals surface area contributed by atoms with E-state index in [4.69, 9.17) is 14.2 Å². The molecule has 0 radical (unpaired) electrons. The van der Waals surface area contributed by atoms with Crippen LogP contribution in [0.5, 0.6) is 0 Å². The highest BCUT2D eigenvalue weighted by molar-refractivity contribution is 5.77. The molecule has 1 amide bonds. The normalized spacial score (nSPS) is 10.9. The lowest BCUT2D eigenvalue weighted by atomic mass is 10.3. The maximum absolute atomic E-state index is 11.4. The van der Waals surface area contributed by atoms with Gasteiger partial charge in [0.1, 0.15) is 13.2 Å². The van der Waals surface area contributed by atoms with Gasteiger partial charge < -0.3 is 24.8 Å². The number of carbonyl (C=O) groups is 2. The Kier molecular flexibility index (Phi) is 14.2. The smallest absolute Gasteiger partial charge is 0.246 e. The minimum atomic E-state index is -0.116. The monoisotopic (exact) mass is 318 g/mol. The summed E-state index contributed by atoms with van der Waals surface area (Å²) in [6.07, 6.45) is 0.896. The van der Waals surface area contributed by atoms with Gasteiger partial charge in [0.2, 0.25) is 5.91 Å². The average Bonchev–Trinajstić information content (AvgIpc) is 2.44. The molecule has 7 nitrogen and oxygen atoms in total. The summed E-state index contributed by atoms with van der Waals surface area (Å²) in [4.78, 5) is 22.0. The summed E-state index contributed by atoms with van der Waals surface area (Å²) < 4.78 is 15.5. The van der Waals surface area contributed by atoms with Crippen molar-refractivity contribution in [2.45, 2.75) is 33.2 Å². The number of Topliss-reactive ketones (excluding diaryl/α,β-unsaturated/α-hetero) is 1. The SMILES string of the molecule is CC(=O)COCCOCCOCC(=O)NCCCNC(C)C. The zero-order valence-corrected chi connectivity index (χ0v) is 14.0. The second-order valence-corrected chi connectivity index (χ2v) is 5.23. The first-order valence-electron chi connectivity index (χ1n) is 7.75. The molecular weight excluding hydrogens is 288 g/mol. The highest BCUT2D eigenvalue weighted by atomic mass is 16.5. The van der Waals surface area contributed by atoms with Gasteiger partial charge in [-0.25, -0.2) is 0 Å². The summed E-state index contributed by atoms with van der Waals surface area (Å²) in [6.45, 7) is 8.88. The molecule has 0 saturated carbocycles. The molecule has 0 fully saturated rings. The van der Waals surface area contributed by atoms with Crippen LogP contribution in [0.25, 0.3) is 0 Å². The molecule has 0 unspecified atom stereocenters. The van der Waals surface area contributed by atoms with Crippen molar-refractivity contribution in [3.05, 3.63) is 0 Å². The van der Waals surface area contributed by atoms with Crippen LogP contribution in [-0.4, -0.2) is 70.5 Å². The fourth-order valence-corrected chi connectivity index (χ4v) is 1.48. The Morgan fingerprint density at radius 3 is 2.09 bits per heavy atom. The van der Waals surface area contributed by atoms with Crippen LogP contribution in [0.4, 0.5) is 0 Å². The molecule has 0 aliphatic heterocycles. The summed E-state index contributed by atoms with van der Waals surface area (Å²) in [6, 6.07) is 0.465. The summed E-state index contributed by atoms with van der Waals surface area (Å²) in [5.74, 6) is -0.122. The molecule has 22 heavy (non-hydrogen) atoms. The van der Waals surface area contributed by atoms with E-state index in [9.17, 15) is 9.59 Å². The molecule has 0 atom stereocenters. The fourth-order valence-electron chi connectivity index (χ4n) is 1.48. The number of ketones is 1. The van der Waals surface area contributed by atoms with Crippen molar-refractivity contribution in [3.8, 4) is 0 Å². The van der Waals surface area contributed by atoms with Gasteiger partial charge in [-0.3, -0.25) is 9.59 Å². The molecule has 7 heteroatoms. The van der Waals surface area contributed by atoms with Gasteiger partial charge in [-0.1, -0.05) is 13.8 Å². The molecule has 2 N–H and O–H groups in total. The maximum Gasteiger partial charge on any atom is 0.246 e. The standard InChI is InChI=1S/C15H30N2O5/c1-13(2)16-5-4-6-17-15(19)12-22-10-8-20-7-9-21-11-14(3)18/h13,16H,4-12H2,1-3H3,(H,17,19). The first kappa shape index (κ1) is 21.0. The third-order valence-corrected chi connectivity index (χ3v) is 2.51. The molecule has 0 bridgehead atoms. The third kappa shape index (κ3) is 17.0. The molecule has 0 aromatic carbocycles. The summed E-state index contributed by atoms with van der Waals surface area (Å²) in [5, 5.41) is 6.07. The van der Waals surface area contributed by atoms with E-state index in [-0.39, 0.29) is 24.9 Å². The van der Waals surface area contributed by atoms with E-state index in [1.54, 1.807) is 0 Å². The summed E-state index contributed by atoms with van der Waals surface area (Å²) >= 11 is 0. The van der Waals surface area contributed by atoms with Crippen molar-refractivity contribution in [2.24, 2.45) is 0 Å². The molecule has 0 aromatic rings. The summed E-state index contributed by atoms with van der Waals surface area (Å²) in [5.41, 5.74) is 0. The Labute approximate surface area is 133 Å². The van der Waals surface area contributed by atoms with Crippen LogP contribution in [0.3, 0.4) is 0 Å². The van der Waals surface area contributed by atoms with Crippen LogP contribution in [0.15, 0.2) is 0 Å². The van der Waals surface area contributed by atoms with Gasteiger partial charge in [0.05, 0.1) is 26.4 Å². The molecule has 130 valence electrons. The molecular formula is C15H30N2O5. The van der Waals surface area contributed by atoms with Gasteiger partial charge in [0, 0.05) is 12.6 Å². The number of hydrogen-bond donors (Lipinski definition) is 2. The van der Waals surface area contributed by atoms with Gasteiger partial charge in [-0.2, -0.15) is 0 Å². The Hall–Kier alpha value is -1.02.